The van der Waals surface area contributed by atoms with E-state index in [-0.39, 0.29) is 11.9 Å². The molecule has 1 atom stereocenters. The Labute approximate surface area is 170 Å². The van der Waals surface area contributed by atoms with Crippen molar-refractivity contribution in [3.05, 3.63) is 78.6 Å². The number of hydrogen-bond donors (Lipinski definition) is 1. The predicted molar refractivity (Wildman–Crippen MR) is 116 cm³/mol. The Hall–Kier alpha value is -3.47. The van der Waals surface area contributed by atoms with Crippen LogP contribution in [-0.4, -0.2) is 26.5 Å². The lowest BCUT2D eigenvalue weighted by atomic mass is 10.0. The maximum Gasteiger partial charge on any atom is 0.256 e. The normalized spacial score (nSPS) is 12.3. The van der Waals surface area contributed by atoms with Crippen molar-refractivity contribution >= 4 is 11.6 Å². The van der Waals surface area contributed by atoms with Gasteiger partial charge in [-0.2, -0.15) is 5.10 Å². The summed E-state index contributed by atoms with van der Waals surface area (Å²) in [4.78, 5) is 17.1. The van der Waals surface area contributed by atoms with Crippen molar-refractivity contribution in [2.45, 2.75) is 26.8 Å². The second-order valence-corrected chi connectivity index (χ2v) is 7.57. The van der Waals surface area contributed by atoms with Gasteiger partial charge in [-0.3, -0.25) is 4.79 Å². The first-order valence-electron chi connectivity index (χ1n) is 9.84. The van der Waals surface area contributed by atoms with E-state index in [0.29, 0.717) is 17.1 Å². The molecule has 146 valence electrons. The Morgan fingerprint density at radius 3 is 2.24 bits per heavy atom. The summed E-state index contributed by atoms with van der Waals surface area (Å²) in [6.45, 7) is 6.16. The molecule has 1 unspecified atom stereocenters. The second kappa shape index (κ2) is 7.87. The van der Waals surface area contributed by atoms with Gasteiger partial charge in [0, 0.05) is 17.8 Å². The van der Waals surface area contributed by atoms with Crippen LogP contribution >= 0.6 is 0 Å². The first-order chi connectivity index (χ1) is 14.0. The van der Waals surface area contributed by atoms with Crippen molar-refractivity contribution < 1.29 is 4.79 Å². The Bertz CT molecular complexity index is 1130. The molecule has 0 aliphatic heterocycles. The lowest BCUT2D eigenvalue weighted by Crippen LogP contribution is -2.36. The van der Waals surface area contributed by atoms with Crippen molar-refractivity contribution in [3.63, 3.8) is 0 Å². The number of nitrogens with one attached hydrogen (secondary N) is 1. The molecule has 1 amide bonds. The molecule has 0 radical (unpaired) electrons. The van der Waals surface area contributed by atoms with Crippen LogP contribution in [0.5, 0.6) is 0 Å². The number of amides is 1. The van der Waals surface area contributed by atoms with Crippen LogP contribution in [0, 0.1) is 5.92 Å². The predicted octanol–water partition coefficient (Wildman–Crippen LogP) is 4.84. The highest BCUT2D eigenvalue weighted by Crippen LogP contribution is 2.25. The molecule has 0 saturated heterocycles. The van der Waals surface area contributed by atoms with E-state index in [1.165, 1.54) is 5.56 Å². The van der Waals surface area contributed by atoms with E-state index in [4.69, 9.17) is 0 Å². The zero-order valence-electron chi connectivity index (χ0n) is 16.8. The van der Waals surface area contributed by atoms with Gasteiger partial charge in [0.25, 0.3) is 5.91 Å². The number of rotatable bonds is 5. The smallest absolute Gasteiger partial charge is 0.256 e. The van der Waals surface area contributed by atoms with Crippen LogP contribution in [0.15, 0.2) is 73.1 Å². The minimum atomic E-state index is -0.148. The molecule has 0 spiro atoms. The summed E-state index contributed by atoms with van der Waals surface area (Å²) < 4.78 is 1.73. The highest BCUT2D eigenvalue weighted by molar-refractivity contribution is 6.00. The number of hydrogen-bond acceptors (Lipinski definition) is 3. The molecule has 5 heteroatoms. The largest absolute Gasteiger partial charge is 0.349 e. The summed E-state index contributed by atoms with van der Waals surface area (Å²) in [7, 11) is 0. The molecule has 5 nitrogen and oxygen atoms in total. The fraction of sp³-hybridized carbons (Fsp3) is 0.208. The van der Waals surface area contributed by atoms with Crippen molar-refractivity contribution in [1.29, 1.82) is 0 Å². The molecule has 2 heterocycles. The Morgan fingerprint density at radius 1 is 0.897 bits per heavy atom. The number of benzene rings is 2. The topological polar surface area (TPSA) is 59.3 Å². The van der Waals surface area contributed by atoms with E-state index in [1.807, 2.05) is 31.2 Å². The molecule has 0 aliphatic carbocycles. The molecule has 4 aromatic rings. The Balaban J connectivity index is 1.67. The van der Waals surface area contributed by atoms with Crippen LogP contribution in [0.1, 0.15) is 31.1 Å². The Kier molecular flexibility index (Phi) is 5.12. The van der Waals surface area contributed by atoms with Crippen LogP contribution in [0.4, 0.5) is 0 Å². The molecule has 0 fully saturated rings. The van der Waals surface area contributed by atoms with Crippen LogP contribution in [-0.2, 0) is 0 Å². The van der Waals surface area contributed by atoms with Gasteiger partial charge in [0.1, 0.15) is 5.56 Å². The summed E-state index contributed by atoms with van der Waals surface area (Å²) in [5.74, 6) is 0.206. The van der Waals surface area contributed by atoms with Gasteiger partial charge in [-0.05, 0) is 30.0 Å². The van der Waals surface area contributed by atoms with E-state index in [9.17, 15) is 4.79 Å². The molecule has 0 bridgehead atoms. The maximum atomic E-state index is 12.7. The van der Waals surface area contributed by atoms with Gasteiger partial charge < -0.3 is 5.32 Å². The molecule has 2 aromatic carbocycles. The monoisotopic (exact) mass is 384 g/mol. The number of carbonyl (C=O) groups excluding carboxylic acids is 1. The van der Waals surface area contributed by atoms with Gasteiger partial charge in [0.2, 0.25) is 0 Å². The molecule has 2 aromatic heterocycles. The van der Waals surface area contributed by atoms with Crippen LogP contribution < -0.4 is 5.32 Å². The highest BCUT2D eigenvalue weighted by atomic mass is 16.1. The average Bonchev–Trinajstić information content (AvgIpc) is 3.19. The van der Waals surface area contributed by atoms with Gasteiger partial charge in [0.15, 0.2) is 5.65 Å². The fourth-order valence-electron chi connectivity index (χ4n) is 3.19. The van der Waals surface area contributed by atoms with Crippen molar-refractivity contribution in [1.82, 2.24) is 19.9 Å². The molecule has 0 aliphatic rings. The van der Waals surface area contributed by atoms with Crippen LogP contribution in [0.25, 0.3) is 28.0 Å². The molecule has 0 saturated carbocycles. The quantitative estimate of drug-likeness (QED) is 0.536. The van der Waals surface area contributed by atoms with Gasteiger partial charge in [-0.15, -0.1) is 0 Å². The highest BCUT2D eigenvalue weighted by Gasteiger charge is 2.18. The minimum absolute atomic E-state index is 0.0752. The third-order valence-electron chi connectivity index (χ3n) is 5.29. The first-order valence-corrected chi connectivity index (χ1v) is 9.84. The summed E-state index contributed by atoms with van der Waals surface area (Å²) in [6, 6.07) is 20.6. The molecular weight excluding hydrogens is 360 g/mol. The van der Waals surface area contributed by atoms with Gasteiger partial charge in [-0.1, -0.05) is 68.4 Å². The average molecular weight is 384 g/mol. The fourth-order valence-corrected chi connectivity index (χ4v) is 3.19. The standard InChI is InChI=1S/C24H24N4O/c1-16(2)17(3)27-24(29)21-15-26-28-22(13-14-25-23(21)28)20-11-9-19(10-12-20)18-7-5-4-6-8-18/h4-17H,1-3H3,(H,27,29). The van der Waals surface area contributed by atoms with Crippen molar-refractivity contribution in [3.8, 4) is 22.4 Å². The lowest BCUT2D eigenvalue weighted by molar-refractivity contribution is 0.0932. The molecule has 1 N–H and O–H groups in total. The van der Waals surface area contributed by atoms with E-state index in [0.717, 1.165) is 16.8 Å². The summed E-state index contributed by atoms with van der Waals surface area (Å²) in [6.07, 6.45) is 3.31. The third kappa shape index (κ3) is 3.76. The van der Waals surface area contributed by atoms with Gasteiger partial charge in [-0.25, -0.2) is 9.50 Å². The number of fused-ring (bicyclic) bond motifs is 1. The number of aromatic nitrogens is 3. The van der Waals surface area contributed by atoms with Crippen molar-refractivity contribution in [2.24, 2.45) is 5.92 Å². The Morgan fingerprint density at radius 2 is 1.55 bits per heavy atom. The van der Waals surface area contributed by atoms with E-state index < -0.39 is 0 Å². The number of nitrogens with zero attached hydrogens (tertiary/aromatic N) is 3. The summed E-state index contributed by atoms with van der Waals surface area (Å²) in [5, 5.41) is 7.47. The molecule has 29 heavy (non-hydrogen) atoms. The van der Waals surface area contributed by atoms with E-state index >= 15 is 0 Å². The van der Waals surface area contributed by atoms with Crippen LogP contribution in [0.2, 0.25) is 0 Å². The molecule has 4 rings (SSSR count). The second-order valence-electron chi connectivity index (χ2n) is 7.57. The minimum Gasteiger partial charge on any atom is -0.349 e. The number of carbonyl (C=O) groups is 1. The summed E-state index contributed by atoms with van der Waals surface area (Å²) in [5.41, 5.74) is 5.29. The van der Waals surface area contributed by atoms with Gasteiger partial charge >= 0.3 is 0 Å². The molecular formula is C24H24N4O. The van der Waals surface area contributed by atoms with Gasteiger partial charge in [0.05, 0.1) is 11.9 Å². The maximum absolute atomic E-state index is 12.7. The van der Waals surface area contributed by atoms with E-state index in [2.05, 4.69) is 65.6 Å². The SMILES string of the molecule is CC(C)C(C)NC(=O)c1cnn2c(-c3ccc(-c4ccccc4)cc3)ccnc12. The van der Waals surface area contributed by atoms with Crippen LogP contribution in [0.3, 0.4) is 0 Å². The van der Waals surface area contributed by atoms with E-state index in [1.54, 1.807) is 16.9 Å². The van der Waals surface area contributed by atoms with Crippen molar-refractivity contribution in [2.75, 3.05) is 0 Å². The first kappa shape index (κ1) is 18.9. The summed E-state index contributed by atoms with van der Waals surface area (Å²) >= 11 is 0. The third-order valence-corrected chi connectivity index (χ3v) is 5.29. The zero-order valence-corrected chi connectivity index (χ0v) is 16.8. The zero-order chi connectivity index (χ0) is 20.4. The lowest BCUT2D eigenvalue weighted by Gasteiger charge is -2.16.